The fourth-order valence-corrected chi connectivity index (χ4v) is 12.2. The molecule has 9 amide bonds. The fraction of sp³-hybridized carbons (Fsp3) is 0.541. The van der Waals surface area contributed by atoms with Crippen molar-refractivity contribution in [2.45, 2.75) is 284 Å². The molecule has 1 aromatic heterocycles. The number of hydrogen-bond donors (Lipinski definition) is 10. The van der Waals surface area contributed by atoms with Gasteiger partial charge >= 0.3 is 24.0 Å². The Morgan fingerprint density at radius 1 is 0.435 bits per heavy atom. The van der Waals surface area contributed by atoms with Gasteiger partial charge in [0.15, 0.2) is 0 Å². The Balaban J connectivity index is 1.44. The monoisotopic (exact) mass is 1600 g/mol. The van der Waals surface area contributed by atoms with Crippen LogP contribution in [-0.2, 0) is 99.5 Å². The summed E-state index contributed by atoms with van der Waals surface area (Å²) < 4.78 is 36.8. The van der Waals surface area contributed by atoms with Gasteiger partial charge in [0.05, 0.1) is 60.6 Å². The highest BCUT2D eigenvalue weighted by Crippen LogP contribution is 2.41. The molecule has 30 nitrogen and oxygen atoms in total. The topological polar surface area (TPSA) is 407 Å². The summed E-state index contributed by atoms with van der Waals surface area (Å²) in [6.07, 6.45) is -1.97. The number of hydrogen-bond acceptors (Lipinski definition) is 19. The summed E-state index contributed by atoms with van der Waals surface area (Å²) in [5.41, 5.74) is -5.13. The van der Waals surface area contributed by atoms with Crippen molar-refractivity contribution in [3.05, 3.63) is 162 Å². The third kappa shape index (κ3) is 32.0. The lowest BCUT2D eigenvalue weighted by molar-refractivity contribution is -0.159. The molecule has 4 aromatic carbocycles. The smallest absolute Gasteiger partial charge is 0.408 e. The minimum absolute atomic E-state index is 0.223. The highest BCUT2D eigenvalue weighted by atomic mass is 16.6. The van der Waals surface area contributed by atoms with Crippen LogP contribution in [0.25, 0.3) is 0 Å². The predicted molar refractivity (Wildman–Crippen MR) is 430 cm³/mol. The van der Waals surface area contributed by atoms with E-state index in [4.69, 9.17) is 33.4 Å². The Bertz CT molecular complexity index is 4020. The minimum atomic E-state index is -1.90. The van der Waals surface area contributed by atoms with Gasteiger partial charge in [-0.2, -0.15) is 0 Å². The lowest BCUT2D eigenvalue weighted by Gasteiger charge is -2.37. The second-order valence-electron chi connectivity index (χ2n) is 34.8. The molecule has 0 spiro atoms. The van der Waals surface area contributed by atoms with E-state index in [1.54, 1.807) is 167 Å². The number of carbonyl (C=O) groups excluding carboxylic acids is 11. The van der Waals surface area contributed by atoms with E-state index >= 15 is 9.59 Å². The number of carbonyl (C=O) groups is 12. The van der Waals surface area contributed by atoms with Crippen LogP contribution < -0.4 is 47.9 Å². The summed E-state index contributed by atoms with van der Waals surface area (Å²) in [5, 5.41) is 33.5. The second-order valence-corrected chi connectivity index (χ2v) is 34.8. The highest BCUT2D eigenvalue weighted by Gasteiger charge is 2.43. The van der Waals surface area contributed by atoms with Crippen molar-refractivity contribution in [1.82, 2.24) is 57.4 Å². The first-order chi connectivity index (χ1) is 53.1. The Hall–Kier alpha value is -10.6. The molecule has 9 atom stereocenters. The van der Waals surface area contributed by atoms with Crippen LogP contribution in [0.1, 0.15) is 200 Å². The number of imidazole rings is 1. The van der Waals surface area contributed by atoms with Crippen molar-refractivity contribution in [3.63, 3.8) is 0 Å². The van der Waals surface area contributed by atoms with Gasteiger partial charge in [-0.1, -0.05) is 121 Å². The predicted octanol–water partition coefficient (Wildman–Crippen LogP) is 7.48. The Labute approximate surface area is 675 Å². The summed E-state index contributed by atoms with van der Waals surface area (Å²) in [6, 6.07) is 26.5. The zero-order chi connectivity index (χ0) is 86.4. The van der Waals surface area contributed by atoms with E-state index in [2.05, 4.69) is 47.9 Å². The number of ether oxygens (including phenoxy) is 6. The molecule has 5 aromatic rings. The molecule has 630 valence electrons. The molecular weight excluding hydrogens is 1480 g/mol. The van der Waals surface area contributed by atoms with Gasteiger partial charge in [-0.3, -0.25) is 47.9 Å². The van der Waals surface area contributed by atoms with E-state index in [-0.39, 0.29) is 12.8 Å². The quantitative estimate of drug-likeness (QED) is 0.0105. The lowest BCUT2D eigenvalue weighted by atomic mass is 9.77. The second kappa shape index (κ2) is 40.6. The minimum Gasteiger partial charge on any atom is -0.480 e. The molecule has 0 fully saturated rings. The fourth-order valence-electron chi connectivity index (χ4n) is 12.2. The maximum Gasteiger partial charge on any atom is 0.408 e. The molecule has 1 heterocycles. The average Bonchev–Trinajstić information content (AvgIpc) is 1.73. The zero-order valence-corrected chi connectivity index (χ0v) is 70.5. The maximum atomic E-state index is 15.1. The van der Waals surface area contributed by atoms with Crippen LogP contribution in [0.3, 0.4) is 0 Å². The first-order valence-electron chi connectivity index (χ1n) is 38.4. The van der Waals surface area contributed by atoms with Gasteiger partial charge in [0.2, 0.25) is 47.3 Å². The molecular formula is C85H121N11O19. The molecule has 0 aliphatic carbocycles. The van der Waals surface area contributed by atoms with Crippen molar-refractivity contribution in [2.75, 3.05) is 13.2 Å². The number of benzene rings is 4. The SMILES string of the molecule is C[C@@H](OC(C)(C)C)[C@H](NC(=O)CNC(=O)[C@H](CCC(=O)OC(C)(C)C)NC(=O)C(C)(C)NC(=O)[C@H](Cc1cn(C(c2ccccc2)(c2ccccc2)c2ccccc2)cn1)NC(=O)OC(C)(C)C)C(=O)N[C@@H](Cc1ccccc1)C(=O)N[C@H](C(=O)N[C@@H](COC(C)(C)C)C(=O)N[C@@H](CC(=O)OC(C)(C)C)C(=O)O)[C@@H](C)OC(C)(C)C. The Kier molecular flexibility index (Phi) is 33.6. The van der Waals surface area contributed by atoms with E-state index < -0.39 is 203 Å². The van der Waals surface area contributed by atoms with Gasteiger partial charge in [0, 0.05) is 25.5 Å². The number of nitrogens with one attached hydrogen (secondary N) is 9. The molecule has 115 heavy (non-hydrogen) atoms. The average molecular weight is 1600 g/mol. The maximum absolute atomic E-state index is 15.1. The van der Waals surface area contributed by atoms with Gasteiger partial charge in [-0.15, -0.1) is 0 Å². The largest absolute Gasteiger partial charge is 0.480 e. The number of rotatable bonds is 37. The van der Waals surface area contributed by atoms with Crippen LogP contribution in [0.15, 0.2) is 134 Å². The molecule has 0 saturated heterocycles. The van der Waals surface area contributed by atoms with E-state index in [0.29, 0.717) is 11.3 Å². The summed E-state index contributed by atoms with van der Waals surface area (Å²) in [6.45, 7) is 34.1. The van der Waals surface area contributed by atoms with Crippen LogP contribution in [0.2, 0.25) is 0 Å². The van der Waals surface area contributed by atoms with E-state index in [9.17, 15) is 53.1 Å². The Morgan fingerprint density at radius 3 is 1.33 bits per heavy atom. The van der Waals surface area contributed by atoms with Crippen LogP contribution in [-0.4, -0.2) is 193 Å². The van der Waals surface area contributed by atoms with E-state index in [0.717, 1.165) is 16.7 Å². The number of aromatic nitrogens is 2. The number of amides is 9. The molecule has 0 saturated carbocycles. The van der Waals surface area contributed by atoms with Crippen molar-refractivity contribution in [2.24, 2.45) is 0 Å². The first kappa shape index (κ1) is 95.0. The number of aliphatic carboxylic acids is 1. The summed E-state index contributed by atoms with van der Waals surface area (Å²) >= 11 is 0. The molecule has 5 rings (SSSR count). The van der Waals surface area contributed by atoms with Crippen LogP contribution in [0.5, 0.6) is 0 Å². The van der Waals surface area contributed by atoms with Crippen LogP contribution in [0, 0.1) is 0 Å². The number of alkyl carbamates (subject to hydrolysis) is 1. The third-order valence-electron chi connectivity index (χ3n) is 17.0. The van der Waals surface area contributed by atoms with E-state index in [1.807, 2.05) is 95.6 Å². The van der Waals surface area contributed by atoms with Crippen molar-refractivity contribution in [3.8, 4) is 0 Å². The van der Waals surface area contributed by atoms with E-state index in [1.165, 1.54) is 27.7 Å². The zero-order valence-electron chi connectivity index (χ0n) is 70.5. The normalized spacial score (nSPS) is 14.7. The van der Waals surface area contributed by atoms with Crippen molar-refractivity contribution >= 4 is 71.3 Å². The first-order valence-corrected chi connectivity index (χ1v) is 38.4. The van der Waals surface area contributed by atoms with Gasteiger partial charge in [0.1, 0.15) is 70.2 Å². The number of carboxylic acid groups (broad SMARTS) is 1. The molecule has 30 heteroatoms. The summed E-state index contributed by atoms with van der Waals surface area (Å²) in [5.74, 6) is -11.1. The molecule has 0 aliphatic rings. The van der Waals surface area contributed by atoms with Gasteiger partial charge in [0.25, 0.3) is 0 Å². The molecule has 0 unspecified atom stereocenters. The van der Waals surface area contributed by atoms with Gasteiger partial charge in [-0.25, -0.2) is 14.6 Å². The number of esters is 2. The van der Waals surface area contributed by atoms with Crippen LogP contribution in [0.4, 0.5) is 4.79 Å². The number of nitrogens with zero attached hydrogens (tertiary/aromatic N) is 2. The highest BCUT2D eigenvalue weighted by molar-refractivity contribution is 5.99. The molecule has 0 aliphatic heterocycles. The standard InChI is InChI=1S/C85H121N11O19/c1-52(111-79(6,7)8)67(73(104)88-60(45-54-35-27-23-28-36-54)70(101)94-68(53(2)112-80(9,10)11)74(105)90-63(50-110-78(3,4)5)71(102)89-62(75(106)107)47-66(99)114-82(15,16)17)93-64(97)48-86-69(100)59(43-44-65(98)113-81(12,13)14)91-76(108)84(21,22)95-72(103)61(92-77(109)115-83(18,19)20)46-58-49-96(51-87-58)85(55-37-29-24-30-38-55,56-39-31-25-32-40-56)57-41-33-26-34-42-57/h23-42,49,51-53,59-63,67-68H,43-48,50H2,1-22H3,(H,86,100)(H,88,104)(H,89,102)(H,90,105)(H,91,108)(H,92,109)(H,93,97)(H,94,101)(H,95,103)(H,106,107)/t52-,53-,59+,60+,61+,62+,63+,67+,68+/m1/s1. The van der Waals surface area contributed by atoms with Crippen molar-refractivity contribution in [1.29, 1.82) is 0 Å². The third-order valence-corrected chi connectivity index (χ3v) is 17.0. The summed E-state index contributed by atoms with van der Waals surface area (Å²) in [4.78, 5) is 175. The lowest BCUT2D eigenvalue weighted by Crippen LogP contribution is -2.63. The molecule has 0 radical (unpaired) electrons. The van der Waals surface area contributed by atoms with Crippen molar-refractivity contribution < 1.29 is 91.1 Å². The number of carboxylic acids is 1. The van der Waals surface area contributed by atoms with Gasteiger partial charge < -0.3 is 85.9 Å². The molecule has 0 bridgehead atoms. The van der Waals surface area contributed by atoms with Crippen LogP contribution >= 0.6 is 0 Å². The van der Waals surface area contributed by atoms with Gasteiger partial charge in [-0.05, 0) is 181 Å². The summed E-state index contributed by atoms with van der Waals surface area (Å²) in [7, 11) is 0. The molecule has 10 N–H and O–H groups in total. The Morgan fingerprint density at radius 2 is 0.870 bits per heavy atom.